The van der Waals surface area contributed by atoms with Crippen molar-refractivity contribution in [2.45, 2.75) is 45.1 Å². The highest BCUT2D eigenvalue weighted by atomic mass is 19.3. The molecule has 27 heavy (non-hydrogen) atoms. The lowest BCUT2D eigenvalue weighted by atomic mass is 9.99. The molecule has 0 saturated carbocycles. The maximum atomic E-state index is 14.6. The first-order valence-electron chi connectivity index (χ1n) is 10.9. The van der Waals surface area contributed by atoms with Gasteiger partial charge < -0.3 is 9.64 Å². The zero-order valence-electron chi connectivity index (χ0n) is 17.2. The molecule has 7 heteroatoms. The van der Waals surface area contributed by atoms with Gasteiger partial charge in [0.1, 0.15) is 0 Å². The molecule has 0 radical (unpaired) electrons. The summed E-state index contributed by atoms with van der Waals surface area (Å²) < 4.78 is 34.8. The Morgan fingerprint density at radius 2 is 1.67 bits per heavy atom. The number of piperazine rings is 1. The fourth-order valence-electron chi connectivity index (χ4n) is 4.82. The maximum Gasteiger partial charge on any atom is 0.275 e. The van der Waals surface area contributed by atoms with Crippen molar-refractivity contribution >= 4 is 0 Å². The van der Waals surface area contributed by atoms with Gasteiger partial charge in [0, 0.05) is 52.4 Å². The molecular weight excluding hydrogens is 350 g/mol. The topological polar surface area (TPSA) is 22.2 Å². The van der Waals surface area contributed by atoms with Crippen LogP contribution in [-0.2, 0) is 4.74 Å². The second-order valence-electron chi connectivity index (χ2n) is 8.54. The second kappa shape index (κ2) is 9.92. The van der Waals surface area contributed by atoms with Crippen molar-refractivity contribution in [3.05, 3.63) is 0 Å². The highest BCUT2D eigenvalue weighted by Gasteiger charge is 2.48. The van der Waals surface area contributed by atoms with Crippen LogP contribution >= 0.6 is 0 Å². The summed E-state index contributed by atoms with van der Waals surface area (Å²) in [5, 5.41) is 0. The van der Waals surface area contributed by atoms with E-state index in [-0.39, 0.29) is 6.54 Å². The average Bonchev–Trinajstić information content (AvgIpc) is 3.10. The number of nitrogens with zero attached hydrogens (tertiary/aromatic N) is 4. The van der Waals surface area contributed by atoms with Crippen LogP contribution in [-0.4, -0.2) is 110 Å². The molecule has 3 aliphatic heterocycles. The zero-order chi connectivity index (χ0) is 19.3. The van der Waals surface area contributed by atoms with Crippen molar-refractivity contribution < 1.29 is 13.5 Å². The molecule has 2 unspecified atom stereocenters. The van der Waals surface area contributed by atoms with E-state index in [4.69, 9.17) is 4.74 Å². The van der Waals surface area contributed by atoms with Crippen molar-refractivity contribution in [3.63, 3.8) is 0 Å². The van der Waals surface area contributed by atoms with E-state index in [1.54, 1.807) is 0 Å². The summed E-state index contributed by atoms with van der Waals surface area (Å²) in [5.41, 5.74) is 0. The third kappa shape index (κ3) is 5.82. The third-order valence-corrected chi connectivity index (χ3v) is 6.45. The SMILES string of the molecule is CCCOCN1CCN(CC2CCN(C3CCN(CC)CC3(F)F)C2)CC1. The molecule has 3 heterocycles. The van der Waals surface area contributed by atoms with Crippen LogP contribution < -0.4 is 0 Å². The maximum absolute atomic E-state index is 14.6. The van der Waals surface area contributed by atoms with E-state index >= 15 is 0 Å². The van der Waals surface area contributed by atoms with Crippen LogP contribution in [0, 0.1) is 5.92 Å². The predicted octanol–water partition coefficient (Wildman–Crippen LogP) is 2.04. The normalized spacial score (nSPS) is 31.6. The molecule has 0 aromatic carbocycles. The Morgan fingerprint density at radius 1 is 0.926 bits per heavy atom. The molecule has 3 saturated heterocycles. The molecule has 3 aliphatic rings. The first-order chi connectivity index (χ1) is 13.0. The second-order valence-corrected chi connectivity index (χ2v) is 8.54. The molecular formula is C20H38F2N4O. The zero-order valence-corrected chi connectivity index (χ0v) is 17.2. The summed E-state index contributed by atoms with van der Waals surface area (Å²) in [6.45, 7) is 14.1. The van der Waals surface area contributed by atoms with Crippen molar-refractivity contribution in [1.82, 2.24) is 19.6 Å². The number of hydrogen-bond acceptors (Lipinski definition) is 5. The molecule has 5 nitrogen and oxygen atoms in total. The molecule has 158 valence electrons. The molecule has 0 bridgehead atoms. The molecule has 0 spiro atoms. The monoisotopic (exact) mass is 388 g/mol. The molecule has 3 rings (SSSR count). The molecule has 2 atom stereocenters. The molecule has 3 fully saturated rings. The third-order valence-electron chi connectivity index (χ3n) is 6.45. The molecule has 0 aromatic rings. The van der Waals surface area contributed by atoms with Crippen LogP contribution in [0.4, 0.5) is 8.78 Å². The van der Waals surface area contributed by atoms with E-state index in [0.717, 1.165) is 85.1 Å². The van der Waals surface area contributed by atoms with E-state index in [1.165, 1.54) is 0 Å². The fraction of sp³-hybridized carbons (Fsp3) is 1.00. The van der Waals surface area contributed by atoms with Crippen molar-refractivity contribution in [1.29, 1.82) is 0 Å². The van der Waals surface area contributed by atoms with Gasteiger partial charge >= 0.3 is 0 Å². The minimum absolute atomic E-state index is 0.0720. The Labute approximate surface area is 163 Å². The van der Waals surface area contributed by atoms with Gasteiger partial charge in [0.05, 0.1) is 19.3 Å². The number of piperidine rings is 1. The molecule has 0 N–H and O–H groups in total. The van der Waals surface area contributed by atoms with Crippen molar-refractivity contribution in [2.75, 3.05) is 78.8 Å². The van der Waals surface area contributed by atoms with Crippen LogP contribution in [0.2, 0.25) is 0 Å². The number of hydrogen-bond donors (Lipinski definition) is 0. The van der Waals surface area contributed by atoms with Crippen LogP contribution in [0.5, 0.6) is 0 Å². The molecule has 0 aliphatic carbocycles. The Balaban J connectivity index is 1.39. The Morgan fingerprint density at radius 3 is 2.33 bits per heavy atom. The van der Waals surface area contributed by atoms with Crippen LogP contribution in [0.15, 0.2) is 0 Å². The number of rotatable bonds is 8. The quantitative estimate of drug-likeness (QED) is 0.592. The van der Waals surface area contributed by atoms with E-state index in [1.807, 2.05) is 11.8 Å². The van der Waals surface area contributed by atoms with Crippen LogP contribution in [0.25, 0.3) is 0 Å². The minimum Gasteiger partial charge on any atom is -0.366 e. The first kappa shape index (κ1) is 21.4. The fourth-order valence-corrected chi connectivity index (χ4v) is 4.82. The van der Waals surface area contributed by atoms with Gasteiger partial charge in [-0.2, -0.15) is 0 Å². The van der Waals surface area contributed by atoms with Gasteiger partial charge in [-0.25, -0.2) is 8.78 Å². The van der Waals surface area contributed by atoms with E-state index < -0.39 is 12.0 Å². The van der Waals surface area contributed by atoms with Gasteiger partial charge in [-0.15, -0.1) is 0 Å². The van der Waals surface area contributed by atoms with E-state index in [2.05, 4.69) is 21.6 Å². The summed E-state index contributed by atoms with van der Waals surface area (Å²) in [6, 6.07) is -0.558. The predicted molar refractivity (Wildman–Crippen MR) is 104 cm³/mol. The number of likely N-dealkylation sites (tertiary alicyclic amines) is 2. The van der Waals surface area contributed by atoms with Gasteiger partial charge in [-0.3, -0.25) is 14.7 Å². The number of ether oxygens (including phenoxy) is 1. The first-order valence-corrected chi connectivity index (χ1v) is 10.9. The average molecular weight is 389 g/mol. The van der Waals surface area contributed by atoms with Gasteiger partial charge in [0.25, 0.3) is 5.92 Å². The van der Waals surface area contributed by atoms with Gasteiger partial charge in [0.15, 0.2) is 0 Å². The Hall–Kier alpha value is -0.340. The lowest BCUT2D eigenvalue weighted by Gasteiger charge is -2.42. The highest BCUT2D eigenvalue weighted by Crippen LogP contribution is 2.34. The molecule has 0 amide bonds. The lowest BCUT2D eigenvalue weighted by molar-refractivity contribution is -0.122. The molecule has 0 aromatic heterocycles. The summed E-state index contributed by atoms with van der Waals surface area (Å²) >= 11 is 0. The summed E-state index contributed by atoms with van der Waals surface area (Å²) in [7, 11) is 0. The Kier molecular flexibility index (Phi) is 7.85. The lowest BCUT2D eigenvalue weighted by Crippen LogP contribution is -2.57. The number of alkyl halides is 2. The van der Waals surface area contributed by atoms with Crippen LogP contribution in [0.1, 0.15) is 33.1 Å². The van der Waals surface area contributed by atoms with E-state index in [0.29, 0.717) is 12.3 Å². The summed E-state index contributed by atoms with van der Waals surface area (Å²) in [6.07, 6.45) is 2.72. The standard InChI is InChI=1S/C20H38F2N4O/c1-3-13-27-17-25-11-9-24(10-12-25)14-18-5-8-26(15-18)19-6-7-23(4-2)16-20(19,21)22/h18-19H,3-17H2,1-2H3. The Bertz CT molecular complexity index is 446. The van der Waals surface area contributed by atoms with Gasteiger partial charge in [-0.1, -0.05) is 13.8 Å². The summed E-state index contributed by atoms with van der Waals surface area (Å²) in [4.78, 5) is 8.86. The van der Waals surface area contributed by atoms with E-state index in [9.17, 15) is 8.78 Å². The largest absolute Gasteiger partial charge is 0.366 e. The van der Waals surface area contributed by atoms with Gasteiger partial charge in [-0.05, 0) is 38.3 Å². The number of halogens is 2. The van der Waals surface area contributed by atoms with Crippen LogP contribution in [0.3, 0.4) is 0 Å². The minimum atomic E-state index is -2.58. The smallest absolute Gasteiger partial charge is 0.275 e. The van der Waals surface area contributed by atoms with Crippen molar-refractivity contribution in [3.8, 4) is 0 Å². The van der Waals surface area contributed by atoms with Crippen molar-refractivity contribution in [2.24, 2.45) is 5.92 Å². The highest BCUT2D eigenvalue weighted by molar-refractivity contribution is 4.96. The summed E-state index contributed by atoms with van der Waals surface area (Å²) in [5.74, 6) is -2.04. The van der Waals surface area contributed by atoms with Gasteiger partial charge in [0.2, 0.25) is 0 Å².